The Hall–Kier alpha value is -1.32. The van der Waals surface area contributed by atoms with Gasteiger partial charge >= 0.3 is 0 Å². The fraction of sp³-hybridized carbons (Fsp3) is 0.750. The van der Waals surface area contributed by atoms with Gasteiger partial charge in [0, 0.05) is 18.7 Å². The van der Waals surface area contributed by atoms with Gasteiger partial charge in [-0.05, 0) is 25.2 Å². The number of nitrogens with zero attached hydrogens (tertiary/aromatic N) is 2. The van der Waals surface area contributed by atoms with Crippen molar-refractivity contribution in [2.45, 2.75) is 64.8 Å². The molecule has 2 unspecified atom stereocenters. The van der Waals surface area contributed by atoms with E-state index in [1.54, 1.807) is 6.33 Å². The summed E-state index contributed by atoms with van der Waals surface area (Å²) in [5.74, 6) is 2.88. The van der Waals surface area contributed by atoms with Crippen LogP contribution in [0.15, 0.2) is 6.33 Å². The van der Waals surface area contributed by atoms with E-state index < -0.39 is 0 Å². The average Bonchev–Trinajstić information content (AvgIpc) is 2.49. The van der Waals surface area contributed by atoms with Gasteiger partial charge in [-0.15, -0.1) is 0 Å². The van der Waals surface area contributed by atoms with E-state index in [1.165, 1.54) is 37.7 Å². The third-order valence-corrected chi connectivity index (χ3v) is 4.38. The van der Waals surface area contributed by atoms with Crippen molar-refractivity contribution in [1.29, 1.82) is 0 Å². The summed E-state index contributed by atoms with van der Waals surface area (Å²) in [4.78, 5) is 8.83. The predicted octanol–water partition coefficient (Wildman–Crippen LogP) is 3.85. The first-order valence-electron chi connectivity index (χ1n) is 8.06. The molecule has 1 saturated carbocycles. The van der Waals surface area contributed by atoms with E-state index in [0.717, 1.165) is 30.4 Å². The van der Waals surface area contributed by atoms with Crippen LogP contribution in [-0.2, 0) is 6.42 Å². The number of rotatable bonds is 6. The Kier molecular flexibility index (Phi) is 5.62. The van der Waals surface area contributed by atoms with Crippen LogP contribution in [-0.4, -0.2) is 23.1 Å². The maximum atomic E-state index is 4.49. The van der Waals surface area contributed by atoms with Gasteiger partial charge in [-0.3, -0.25) is 0 Å². The van der Waals surface area contributed by atoms with Gasteiger partial charge in [0.2, 0.25) is 0 Å². The number of nitrogens with one attached hydrogen (secondary N) is 2. The third-order valence-electron chi connectivity index (χ3n) is 4.38. The highest BCUT2D eigenvalue weighted by atomic mass is 15.1. The van der Waals surface area contributed by atoms with Gasteiger partial charge in [-0.25, -0.2) is 9.97 Å². The molecule has 2 atom stereocenters. The molecule has 1 aliphatic rings. The maximum Gasteiger partial charge on any atom is 0.134 e. The Balaban J connectivity index is 2.11. The van der Waals surface area contributed by atoms with Gasteiger partial charge < -0.3 is 10.6 Å². The SMILES string of the molecule is CCCc1c(NC)ncnc1NC1CCCC(CC)C1. The van der Waals surface area contributed by atoms with E-state index in [9.17, 15) is 0 Å². The first-order chi connectivity index (χ1) is 9.78. The fourth-order valence-corrected chi connectivity index (χ4v) is 3.23. The van der Waals surface area contributed by atoms with Crippen LogP contribution in [0.25, 0.3) is 0 Å². The maximum absolute atomic E-state index is 4.49. The molecule has 1 fully saturated rings. The second kappa shape index (κ2) is 7.46. The lowest BCUT2D eigenvalue weighted by atomic mass is 9.84. The van der Waals surface area contributed by atoms with E-state index in [-0.39, 0.29) is 0 Å². The number of anilines is 2. The Labute approximate surface area is 122 Å². The van der Waals surface area contributed by atoms with E-state index >= 15 is 0 Å². The minimum Gasteiger partial charge on any atom is -0.373 e. The normalized spacial score (nSPS) is 22.6. The Morgan fingerprint density at radius 3 is 2.70 bits per heavy atom. The molecule has 0 amide bonds. The molecular weight excluding hydrogens is 248 g/mol. The molecule has 0 aromatic carbocycles. The Morgan fingerprint density at radius 1 is 1.20 bits per heavy atom. The van der Waals surface area contributed by atoms with Gasteiger partial charge in [-0.2, -0.15) is 0 Å². The van der Waals surface area contributed by atoms with Crippen molar-refractivity contribution in [1.82, 2.24) is 9.97 Å². The van der Waals surface area contributed by atoms with Crippen LogP contribution in [0.2, 0.25) is 0 Å². The minimum atomic E-state index is 0.573. The number of aromatic nitrogens is 2. The van der Waals surface area contributed by atoms with E-state index in [4.69, 9.17) is 0 Å². The first-order valence-corrected chi connectivity index (χ1v) is 8.06. The summed E-state index contributed by atoms with van der Waals surface area (Å²) in [7, 11) is 1.93. The summed E-state index contributed by atoms with van der Waals surface area (Å²) in [6.07, 6.45) is 10.4. The molecule has 4 nitrogen and oxygen atoms in total. The number of hydrogen-bond acceptors (Lipinski definition) is 4. The standard InChI is InChI=1S/C16H28N4/c1-4-7-14-15(17-3)18-11-19-16(14)20-13-9-6-8-12(5-2)10-13/h11-13H,4-10H2,1-3H3,(H2,17,18,19,20). The first kappa shape index (κ1) is 15.1. The highest BCUT2D eigenvalue weighted by Crippen LogP contribution is 2.30. The van der Waals surface area contributed by atoms with Crippen LogP contribution in [0.3, 0.4) is 0 Å². The van der Waals surface area contributed by atoms with Crippen LogP contribution < -0.4 is 10.6 Å². The van der Waals surface area contributed by atoms with Crippen molar-refractivity contribution < 1.29 is 0 Å². The summed E-state index contributed by atoms with van der Waals surface area (Å²) in [6.45, 7) is 4.50. The van der Waals surface area contributed by atoms with Crippen LogP contribution in [0.4, 0.5) is 11.6 Å². The quantitative estimate of drug-likeness (QED) is 0.828. The molecule has 20 heavy (non-hydrogen) atoms. The van der Waals surface area contributed by atoms with E-state index in [0.29, 0.717) is 6.04 Å². The molecule has 0 radical (unpaired) electrons. The minimum absolute atomic E-state index is 0.573. The number of hydrogen-bond donors (Lipinski definition) is 2. The topological polar surface area (TPSA) is 49.8 Å². The van der Waals surface area contributed by atoms with Crippen LogP contribution in [0.1, 0.15) is 57.9 Å². The molecule has 0 aliphatic heterocycles. The van der Waals surface area contributed by atoms with E-state index in [2.05, 4.69) is 34.4 Å². The van der Waals surface area contributed by atoms with Gasteiger partial charge in [0.25, 0.3) is 0 Å². The molecule has 112 valence electrons. The molecule has 0 saturated heterocycles. The van der Waals surface area contributed by atoms with Crippen molar-refractivity contribution in [2.24, 2.45) is 5.92 Å². The summed E-state index contributed by atoms with van der Waals surface area (Å²) >= 11 is 0. The van der Waals surface area contributed by atoms with Crippen molar-refractivity contribution in [3.63, 3.8) is 0 Å². The smallest absolute Gasteiger partial charge is 0.134 e. The van der Waals surface area contributed by atoms with Crippen molar-refractivity contribution in [2.75, 3.05) is 17.7 Å². The molecule has 2 N–H and O–H groups in total. The molecule has 1 aliphatic carbocycles. The Bertz CT molecular complexity index is 419. The zero-order chi connectivity index (χ0) is 14.4. The zero-order valence-corrected chi connectivity index (χ0v) is 13.1. The van der Waals surface area contributed by atoms with Gasteiger partial charge in [-0.1, -0.05) is 39.5 Å². The lowest BCUT2D eigenvalue weighted by Crippen LogP contribution is -2.28. The van der Waals surface area contributed by atoms with E-state index in [1.807, 2.05) is 7.05 Å². The lowest BCUT2D eigenvalue weighted by molar-refractivity contribution is 0.327. The second-order valence-corrected chi connectivity index (χ2v) is 5.83. The van der Waals surface area contributed by atoms with Crippen molar-refractivity contribution >= 4 is 11.6 Å². The Morgan fingerprint density at radius 2 is 2.00 bits per heavy atom. The van der Waals surface area contributed by atoms with Crippen LogP contribution in [0, 0.1) is 5.92 Å². The predicted molar refractivity (Wildman–Crippen MR) is 85.2 cm³/mol. The molecular formula is C16H28N4. The van der Waals surface area contributed by atoms with Crippen LogP contribution >= 0.6 is 0 Å². The second-order valence-electron chi connectivity index (χ2n) is 5.83. The molecule has 0 spiro atoms. The fourth-order valence-electron chi connectivity index (χ4n) is 3.23. The van der Waals surface area contributed by atoms with Gasteiger partial charge in [0.1, 0.15) is 18.0 Å². The summed E-state index contributed by atoms with van der Waals surface area (Å²) < 4.78 is 0. The van der Waals surface area contributed by atoms with Gasteiger partial charge in [0.15, 0.2) is 0 Å². The molecule has 1 heterocycles. The van der Waals surface area contributed by atoms with Crippen molar-refractivity contribution in [3.8, 4) is 0 Å². The third kappa shape index (κ3) is 3.62. The monoisotopic (exact) mass is 276 g/mol. The summed E-state index contributed by atoms with van der Waals surface area (Å²) in [5, 5.41) is 6.87. The van der Waals surface area contributed by atoms with Crippen molar-refractivity contribution in [3.05, 3.63) is 11.9 Å². The summed E-state index contributed by atoms with van der Waals surface area (Å²) in [6, 6.07) is 0.573. The highest BCUT2D eigenvalue weighted by molar-refractivity contribution is 5.57. The highest BCUT2D eigenvalue weighted by Gasteiger charge is 2.22. The van der Waals surface area contributed by atoms with Crippen LogP contribution in [0.5, 0.6) is 0 Å². The summed E-state index contributed by atoms with van der Waals surface area (Å²) in [5.41, 5.74) is 1.23. The molecule has 2 rings (SSSR count). The molecule has 1 aromatic rings. The molecule has 1 aromatic heterocycles. The lowest BCUT2D eigenvalue weighted by Gasteiger charge is -2.30. The molecule has 4 heteroatoms. The van der Waals surface area contributed by atoms with Gasteiger partial charge in [0.05, 0.1) is 0 Å². The largest absolute Gasteiger partial charge is 0.373 e. The molecule has 0 bridgehead atoms. The zero-order valence-electron chi connectivity index (χ0n) is 13.1. The average molecular weight is 276 g/mol.